The van der Waals surface area contributed by atoms with E-state index in [0.717, 1.165) is 31.7 Å². The molecule has 1 N–H and O–H groups in total. The minimum Gasteiger partial charge on any atom is -0.381 e. The van der Waals surface area contributed by atoms with E-state index in [-0.39, 0.29) is 0 Å². The van der Waals surface area contributed by atoms with E-state index in [1.165, 1.54) is 57.9 Å². The summed E-state index contributed by atoms with van der Waals surface area (Å²) in [4.78, 5) is 2.64. The SMILES string of the molecule is CCCNC(CN(C)C1CCCCCC1)C1CCOC1. The topological polar surface area (TPSA) is 24.5 Å². The summed E-state index contributed by atoms with van der Waals surface area (Å²) in [6.07, 6.45) is 11.0. The van der Waals surface area contributed by atoms with Crippen molar-refractivity contribution in [2.45, 2.75) is 70.4 Å². The molecule has 0 spiro atoms. The molecule has 1 heterocycles. The Balaban J connectivity index is 1.84. The van der Waals surface area contributed by atoms with Crippen molar-refractivity contribution in [1.82, 2.24) is 10.2 Å². The van der Waals surface area contributed by atoms with Gasteiger partial charge in [-0.2, -0.15) is 0 Å². The lowest BCUT2D eigenvalue weighted by Crippen LogP contribution is -2.47. The van der Waals surface area contributed by atoms with Gasteiger partial charge in [0.05, 0.1) is 6.61 Å². The van der Waals surface area contributed by atoms with E-state index in [1.807, 2.05) is 0 Å². The number of rotatable bonds is 7. The molecule has 2 aliphatic rings. The van der Waals surface area contributed by atoms with Crippen LogP contribution in [0.4, 0.5) is 0 Å². The molecular formula is C17H34N2O. The molecule has 1 aliphatic heterocycles. The molecule has 0 bridgehead atoms. The molecule has 2 rings (SSSR count). The standard InChI is InChI=1S/C17H34N2O/c1-3-11-18-17(15-10-12-20-14-15)13-19(2)16-8-6-4-5-7-9-16/h15-18H,3-14H2,1-2H3. The molecule has 118 valence electrons. The summed E-state index contributed by atoms with van der Waals surface area (Å²) in [5.41, 5.74) is 0. The van der Waals surface area contributed by atoms with Crippen LogP contribution in [-0.2, 0) is 4.74 Å². The normalized spacial score (nSPS) is 26.9. The molecule has 0 aromatic heterocycles. The van der Waals surface area contributed by atoms with E-state index in [4.69, 9.17) is 4.74 Å². The lowest BCUT2D eigenvalue weighted by Gasteiger charge is -2.33. The summed E-state index contributed by atoms with van der Waals surface area (Å²) in [6, 6.07) is 1.43. The molecule has 3 nitrogen and oxygen atoms in total. The summed E-state index contributed by atoms with van der Waals surface area (Å²) in [7, 11) is 2.34. The van der Waals surface area contributed by atoms with E-state index in [2.05, 4.69) is 24.2 Å². The predicted molar refractivity (Wildman–Crippen MR) is 85.1 cm³/mol. The number of likely N-dealkylation sites (N-methyl/N-ethyl adjacent to an activating group) is 1. The zero-order valence-corrected chi connectivity index (χ0v) is 13.6. The van der Waals surface area contributed by atoms with Crippen LogP contribution in [-0.4, -0.2) is 50.3 Å². The number of hydrogen-bond donors (Lipinski definition) is 1. The van der Waals surface area contributed by atoms with E-state index in [0.29, 0.717) is 6.04 Å². The second-order valence-electron chi connectivity index (χ2n) is 6.77. The van der Waals surface area contributed by atoms with Crippen LogP contribution >= 0.6 is 0 Å². The van der Waals surface area contributed by atoms with Gasteiger partial charge < -0.3 is 15.0 Å². The third-order valence-electron chi connectivity index (χ3n) is 5.12. The molecule has 0 aromatic carbocycles. The van der Waals surface area contributed by atoms with Gasteiger partial charge in [-0.05, 0) is 39.3 Å². The Morgan fingerprint density at radius 3 is 2.50 bits per heavy atom. The molecule has 3 heteroatoms. The van der Waals surface area contributed by atoms with Crippen LogP contribution in [0.1, 0.15) is 58.3 Å². The Morgan fingerprint density at radius 1 is 1.15 bits per heavy atom. The number of nitrogens with zero attached hydrogens (tertiary/aromatic N) is 1. The fourth-order valence-corrected chi connectivity index (χ4v) is 3.74. The van der Waals surface area contributed by atoms with Crippen molar-refractivity contribution >= 4 is 0 Å². The van der Waals surface area contributed by atoms with Crippen molar-refractivity contribution < 1.29 is 4.74 Å². The minimum absolute atomic E-state index is 0.616. The monoisotopic (exact) mass is 282 g/mol. The first-order chi connectivity index (χ1) is 9.81. The first-order valence-corrected chi connectivity index (χ1v) is 8.82. The highest BCUT2D eigenvalue weighted by molar-refractivity contribution is 4.84. The van der Waals surface area contributed by atoms with Gasteiger partial charge in [0.2, 0.25) is 0 Å². The molecule has 0 radical (unpaired) electrons. The lowest BCUT2D eigenvalue weighted by molar-refractivity contribution is 0.149. The highest BCUT2D eigenvalue weighted by Gasteiger charge is 2.28. The van der Waals surface area contributed by atoms with Crippen molar-refractivity contribution in [3.8, 4) is 0 Å². The second-order valence-corrected chi connectivity index (χ2v) is 6.77. The van der Waals surface area contributed by atoms with E-state index in [9.17, 15) is 0 Å². The van der Waals surface area contributed by atoms with Crippen LogP contribution in [0.15, 0.2) is 0 Å². The molecule has 0 aromatic rings. The third kappa shape index (κ3) is 5.01. The molecule has 2 unspecified atom stereocenters. The zero-order valence-electron chi connectivity index (χ0n) is 13.6. The van der Waals surface area contributed by atoms with Gasteiger partial charge in [-0.25, -0.2) is 0 Å². The summed E-state index contributed by atoms with van der Waals surface area (Å²) in [5.74, 6) is 0.717. The number of hydrogen-bond acceptors (Lipinski definition) is 3. The maximum absolute atomic E-state index is 5.61. The number of nitrogens with one attached hydrogen (secondary N) is 1. The van der Waals surface area contributed by atoms with Crippen LogP contribution in [0.2, 0.25) is 0 Å². The predicted octanol–water partition coefficient (Wildman–Crippen LogP) is 3.05. The molecule has 0 amide bonds. The Bertz CT molecular complexity index is 245. The molecular weight excluding hydrogens is 248 g/mol. The van der Waals surface area contributed by atoms with Gasteiger partial charge in [0.15, 0.2) is 0 Å². The van der Waals surface area contributed by atoms with Gasteiger partial charge in [0, 0.05) is 31.2 Å². The van der Waals surface area contributed by atoms with Crippen molar-refractivity contribution in [3.63, 3.8) is 0 Å². The molecule has 1 saturated carbocycles. The summed E-state index contributed by atoms with van der Waals surface area (Å²) < 4.78 is 5.61. The minimum atomic E-state index is 0.616. The largest absolute Gasteiger partial charge is 0.381 e. The van der Waals surface area contributed by atoms with Gasteiger partial charge in [-0.3, -0.25) is 0 Å². The Kier molecular flexibility index (Phi) is 7.32. The van der Waals surface area contributed by atoms with Gasteiger partial charge in [-0.15, -0.1) is 0 Å². The Labute approximate surface area is 125 Å². The summed E-state index contributed by atoms with van der Waals surface area (Å²) in [5, 5.41) is 3.78. The molecule has 1 aliphatic carbocycles. The van der Waals surface area contributed by atoms with Crippen LogP contribution in [0, 0.1) is 5.92 Å². The fourth-order valence-electron chi connectivity index (χ4n) is 3.74. The highest BCUT2D eigenvalue weighted by atomic mass is 16.5. The average molecular weight is 282 g/mol. The van der Waals surface area contributed by atoms with Crippen LogP contribution < -0.4 is 5.32 Å². The molecule has 1 saturated heterocycles. The van der Waals surface area contributed by atoms with Gasteiger partial charge in [-0.1, -0.05) is 32.6 Å². The van der Waals surface area contributed by atoms with Crippen molar-refractivity contribution in [2.75, 3.05) is 33.4 Å². The van der Waals surface area contributed by atoms with Crippen molar-refractivity contribution in [2.24, 2.45) is 5.92 Å². The highest BCUT2D eigenvalue weighted by Crippen LogP contribution is 2.23. The fraction of sp³-hybridized carbons (Fsp3) is 1.00. The first kappa shape index (κ1) is 16.3. The summed E-state index contributed by atoms with van der Waals surface area (Å²) in [6.45, 7) is 6.50. The van der Waals surface area contributed by atoms with Crippen molar-refractivity contribution in [3.05, 3.63) is 0 Å². The first-order valence-electron chi connectivity index (χ1n) is 8.82. The molecule has 2 atom stereocenters. The van der Waals surface area contributed by atoms with Crippen molar-refractivity contribution in [1.29, 1.82) is 0 Å². The molecule has 20 heavy (non-hydrogen) atoms. The van der Waals surface area contributed by atoms with Gasteiger partial charge >= 0.3 is 0 Å². The second kappa shape index (κ2) is 9.01. The lowest BCUT2D eigenvalue weighted by atomic mass is 9.97. The maximum Gasteiger partial charge on any atom is 0.0510 e. The van der Waals surface area contributed by atoms with Crippen LogP contribution in [0.3, 0.4) is 0 Å². The van der Waals surface area contributed by atoms with E-state index >= 15 is 0 Å². The van der Waals surface area contributed by atoms with Gasteiger partial charge in [0.1, 0.15) is 0 Å². The Hall–Kier alpha value is -0.120. The van der Waals surface area contributed by atoms with Gasteiger partial charge in [0.25, 0.3) is 0 Å². The average Bonchev–Trinajstić information content (AvgIpc) is 2.85. The molecule has 2 fully saturated rings. The zero-order chi connectivity index (χ0) is 14.2. The maximum atomic E-state index is 5.61. The smallest absolute Gasteiger partial charge is 0.0510 e. The van der Waals surface area contributed by atoms with E-state index < -0.39 is 0 Å². The third-order valence-corrected chi connectivity index (χ3v) is 5.12. The van der Waals surface area contributed by atoms with E-state index in [1.54, 1.807) is 0 Å². The quantitative estimate of drug-likeness (QED) is 0.726. The summed E-state index contributed by atoms with van der Waals surface area (Å²) >= 11 is 0. The Morgan fingerprint density at radius 2 is 1.90 bits per heavy atom. The number of ether oxygens (including phenoxy) is 1. The van der Waals surface area contributed by atoms with Crippen LogP contribution in [0.5, 0.6) is 0 Å². The van der Waals surface area contributed by atoms with Crippen LogP contribution in [0.25, 0.3) is 0 Å².